The molecule has 5 aromatic rings. The number of imidazole rings is 1. The van der Waals surface area contributed by atoms with Crippen LogP contribution < -0.4 is 4.72 Å². The molecule has 0 radical (unpaired) electrons. The number of aromatic nitrogens is 2. The lowest BCUT2D eigenvalue weighted by Gasteiger charge is -2.14. The molecular formula is C28H23N3O5S. The number of H-pyrrole nitrogens is 1. The summed E-state index contributed by atoms with van der Waals surface area (Å²) in [6.07, 6.45) is 0.356. The summed E-state index contributed by atoms with van der Waals surface area (Å²) in [5.74, 6) is -0.834. The molecule has 0 saturated carbocycles. The van der Waals surface area contributed by atoms with E-state index in [-0.39, 0.29) is 45.3 Å². The van der Waals surface area contributed by atoms with Gasteiger partial charge in [-0.3, -0.25) is 4.79 Å². The van der Waals surface area contributed by atoms with Gasteiger partial charge in [0.25, 0.3) is 10.0 Å². The maximum atomic E-state index is 13.3. The summed E-state index contributed by atoms with van der Waals surface area (Å²) in [6, 6.07) is 25.2. The van der Waals surface area contributed by atoms with Crippen LogP contribution in [0.3, 0.4) is 0 Å². The Bertz CT molecular complexity index is 1680. The molecule has 0 aliphatic rings. The van der Waals surface area contributed by atoms with Crippen LogP contribution in [0.5, 0.6) is 11.5 Å². The molecule has 1 heterocycles. The van der Waals surface area contributed by atoms with Crippen LogP contribution in [0.1, 0.15) is 12.0 Å². The highest BCUT2D eigenvalue weighted by Crippen LogP contribution is 2.42. The summed E-state index contributed by atoms with van der Waals surface area (Å²) in [7, 11) is -4.32. The monoisotopic (exact) mass is 513 g/mol. The molecule has 0 atom stereocenters. The minimum absolute atomic E-state index is 0.0237. The van der Waals surface area contributed by atoms with E-state index in [4.69, 9.17) is 0 Å². The van der Waals surface area contributed by atoms with E-state index in [1.807, 2.05) is 42.5 Å². The van der Waals surface area contributed by atoms with Crippen LogP contribution >= 0.6 is 0 Å². The Morgan fingerprint density at radius 2 is 1.51 bits per heavy atom. The predicted octanol–water partition coefficient (Wildman–Crippen LogP) is 4.75. The van der Waals surface area contributed by atoms with Crippen molar-refractivity contribution in [2.24, 2.45) is 0 Å². The van der Waals surface area contributed by atoms with Crippen molar-refractivity contribution >= 4 is 27.0 Å². The highest BCUT2D eigenvalue weighted by molar-refractivity contribution is 7.90. The fourth-order valence-electron chi connectivity index (χ4n) is 4.09. The van der Waals surface area contributed by atoms with Crippen molar-refractivity contribution < 1.29 is 23.4 Å². The van der Waals surface area contributed by atoms with Gasteiger partial charge in [0.2, 0.25) is 5.91 Å². The van der Waals surface area contributed by atoms with E-state index in [0.29, 0.717) is 17.5 Å². The molecule has 0 unspecified atom stereocenters. The number of hydrogen-bond acceptors (Lipinski definition) is 6. The number of carbonyl (C=O) groups excluding carboxylic acids is 1. The Morgan fingerprint density at radius 3 is 2.27 bits per heavy atom. The first-order chi connectivity index (χ1) is 17.8. The molecule has 0 saturated heterocycles. The number of nitrogens with zero attached hydrogens (tertiary/aromatic N) is 1. The van der Waals surface area contributed by atoms with Crippen LogP contribution in [0.4, 0.5) is 0 Å². The third-order valence-electron chi connectivity index (χ3n) is 5.96. The van der Waals surface area contributed by atoms with Crippen LogP contribution in [0, 0.1) is 0 Å². The van der Waals surface area contributed by atoms with Crippen LogP contribution in [-0.4, -0.2) is 34.5 Å². The Hall–Kier alpha value is -4.63. The predicted molar refractivity (Wildman–Crippen MR) is 140 cm³/mol. The molecule has 4 N–H and O–H groups in total. The normalized spacial score (nSPS) is 11.5. The van der Waals surface area contributed by atoms with Gasteiger partial charge in [0, 0.05) is 17.5 Å². The number of fused-ring (bicyclic) bond motifs is 1. The van der Waals surface area contributed by atoms with E-state index >= 15 is 0 Å². The van der Waals surface area contributed by atoms with Crippen molar-refractivity contribution in [2.75, 3.05) is 0 Å². The number of nitrogens with one attached hydrogen (secondary N) is 2. The quantitative estimate of drug-likeness (QED) is 0.248. The van der Waals surface area contributed by atoms with Gasteiger partial charge in [-0.1, -0.05) is 60.7 Å². The number of rotatable bonds is 7. The lowest BCUT2D eigenvalue weighted by atomic mass is 10.00. The molecule has 1 aromatic heterocycles. The van der Waals surface area contributed by atoms with Crippen molar-refractivity contribution in [3.8, 4) is 34.0 Å². The molecular weight excluding hydrogens is 490 g/mol. The van der Waals surface area contributed by atoms with Gasteiger partial charge in [-0.2, -0.15) is 0 Å². The van der Waals surface area contributed by atoms with Gasteiger partial charge >= 0.3 is 0 Å². The molecule has 37 heavy (non-hydrogen) atoms. The van der Waals surface area contributed by atoms with Crippen LogP contribution in [0.15, 0.2) is 95.9 Å². The molecule has 8 nitrogen and oxygen atoms in total. The first-order valence-corrected chi connectivity index (χ1v) is 13.0. The Kier molecular flexibility index (Phi) is 6.37. The van der Waals surface area contributed by atoms with Crippen LogP contribution in [-0.2, 0) is 21.2 Å². The Balaban J connectivity index is 1.56. The molecule has 4 aromatic carbocycles. The highest BCUT2D eigenvalue weighted by atomic mass is 32.2. The lowest BCUT2D eigenvalue weighted by molar-refractivity contribution is -0.119. The summed E-state index contributed by atoms with van der Waals surface area (Å²) in [6.45, 7) is 0. The van der Waals surface area contributed by atoms with Crippen molar-refractivity contribution in [3.63, 3.8) is 0 Å². The molecule has 0 spiro atoms. The SMILES string of the molecule is O=C(CCc1ccccc1)NS(=O)(=O)c1cc(-c2nc3ccccc3[nH]2)c(O)c(-c2ccccc2O)c1. The van der Waals surface area contributed by atoms with Gasteiger partial charge in [0.15, 0.2) is 0 Å². The zero-order valence-corrected chi connectivity index (χ0v) is 20.4. The molecule has 186 valence electrons. The standard InChI is InChI=1S/C28H23N3O5S/c32-25-13-7-4-10-20(25)21-16-19(37(35,36)31-26(33)15-14-18-8-2-1-3-9-18)17-22(27(21)34)28-29-23-11-5-6-12-24(23)30-28/h1-13,16-17,32,34H,14-15H2,(H,29,30)(H,31,33). The number of phenols is 2. The molecule has 5 rings (SSSR count). The van der Waals surface area contributed by atoms with Crippen molar-refractivity contribution in [1.82, 2.24) is 14.7 Å². The number of phenolic OH excluding ortho intramolecular Hbond substituents is 2. The van der Waals surface area contributed by atoms with Gasteiger partial charge in [0.05, 0.1) is 21.5 Å². The van der Waals surface area contributed by atoms with Crippen LogP contribution in [0.25, 0.3) is 33.5 Å². The topological polar surface area (TPSA) is 132 Å². The number of aryl methyl sites for hydroxylation is 1. The molecule has 0 bridgehead atoms. The number of benzene rings is 4. The van der Waals surface area contributed by atoms with Crippen molar-refractivity contribution in [2.45, 2.75) is 17.7 Å². The summed E-state index contributed by atoms with van der Waals surface area (Å²) in [5, 5.41) is 21.6. The minimum atomic E-state index is -4.32. The molecule has 9 heteroatoms. The van der Waals surface area contributed by atoms with Gasteiger partial charge in [-0.25, -0.2) is 18.1 Å². The van der Waals surface area contributed by atoms with Gasteiger partial charge < -0.3 is 15.2 Å². The fourth-order valence-corrected chi connectivity index (χ4v) is 5.16. The van der Waals surface area contributed by atoms with Crippen molar-refractivity contribution in [3.05, 3.63) is 96.6 Å². The van der Waals surface area contributed by atoms with Crippen LogP contribution in [0.2, 0.25) is 0 Å². The fraction of sp³-hybridized carbons (Fsp3) is 0.0714. The third-order valence-corrected chi connectivity index (χ3v) is 7.32. The first kappa shape index (κ1) is 24.1. The maximum Gasteiger partial charge on any atom is 0.264 e. The minimum Gasteiger partial charge on any atom is -0.507 e. The van der Waals surface area contributed by atoms with Gasteiger partial charge in [0.1, 0.15) is 17.3 Å². The second-order valence-corrected chi connectivity index (χ2v) is 10.2. The van der Waals surface area contributed by atoms with E-state index in [2.05, 4.69) is 14.7 Å². The summed E-state index contributed by atoms with van der Waals surface area (Å²) >= 11 is 0. The number of aromatic hydroxyl groups is 2. The molecule has 0 aliphatic carbocycles. The molecule has 0 aliphatic heterocycles. The summed E-state index contributed by atoms with van der Waals surface area (Å²) in [5.41, 5.74) is 2.65. The number of aromatic amines is 1. The highest BCUT2D eigenvalue weighted by Gasteiger charge is 2.24. The second-order valence-electron chi connectivity index (χ2n) is 8.50. The maximum absolute atomic E-state index is 13.3. The molecule has 1 amide bonds. The smallest absolute Gasteiger partial charge is 0.264 e. The summed E-state index contributed by atoms with van der Waals surface area (Å²) in [4.78, 5) is 19.9. The average Bonchev–Trinajstić information content (AvgIpc) is 3.32. The van der Waals surface area contributed by atoms with Gasteiger partial charge in [-0.15, -0.1) is 0 Å². The van der Waals surface area contributed by atoms with Gasteiger partial charge in [-0.05, 0) is 42.3 Å². The Labute approximate surface area is 213 Å². The third kappa shape index (κ3) is 5.03. The zero-order chi connectivity index (χ0) is 26.0. The molecule has 0 fully saturated rings. The zero-order valence-electron chi connectivity index (χ0n) is 19.5. The Morgan fingerprint density at radius 1 is 0.838 bits per heavy atom. The lowest BCUT2D eigenvalue weighted by Crippen LogP contribution is -2.30. The number of para-hydroxylation sites is 3. The van der Waals surface area contributed by atoms with E-state index in [1.165, 1.54) is 18.2 Å². The van der Waals surface area contributed by atoms with E-state index in [0.717, 1.165) is 5.56 Å². The second kappa shape index (κ2) is 9.79. The van der Waals surface area contributed by atoms with E-state index in [1.54, 1.807) is 30.3 Å². The number of amides is 1. The average molecular weight is 514 g/mol. The number of hydrogen-bond donors (Lipinski definition) is 4. The van der Waals surface area contributed by atoms with E-state index < -0.39 is 15.9 Å². The number of carbonyl (C=O) groups is 1. The largest absolute Gasteiger partial charge is 0.507 e. The van der Waals surface area contributed by atoms with E-state index in [9.17, 15) is 23.4 Å². The number of sulfonamides is 1. The van der Waals surface area contributed by atoms with Crippen molar-refractivity contribution in [1.29, 1.82) is 0 Å². The summed E-state index contributed by atoms with van der Waals surface area (Å²) < 4.78 is 28.7. The first-order valence-electron chi connectivity index (χ1n) is 11.5.